The smallest absolute Gasteiger partial charge is 0.197 e. The number of rotatable bonds is 1. The molecule has 0 aliphatic heterocycles. The second-order valence-electron chi connectivity index (χ2n) is 3.34. The monoisotopic (exact) mass is 238 g/mol. The summed E-state index contributed by atoms with van der Waals surface area (Å²) in [5.74, 6) is -1.21. The van der Waals surface area contributed by atoms with Crippen molar-refractivity contribution in [1.29, 1.82) is 0 Å². The Morgan fingerprint density at radius 3 is 2.69 bits per heavy atom. The molecule has 0 amide bonds. The average molecular weight is 238 g/mol. The SMILES string of the molecule is Cc1ccc(F)c(-c2ccnc(=S)[nH]2)c1F. The predicted octanol–water partition coefficient (Wildman–Crippen LogP) is 3.39. The molecule has 0 fully saturated rings. The second-order valence-corrected chi connectivity index (χ2v) is 3.73. The summed E-state index contributed by atoms with van der Waals surface area (Å²) < 4.78 is 27.5. The number of halogens is 2. The molecule has 0 radical (unpaired) electrons. The van der Waals surface area contributed by atoms with Gasteiger partial charge >= 0.3 is 0 Å². The van der Waals surface area contributed by atoms with Crippen molar-refractivity contribution < 1.29 is 8.78 Å². The number of hydrogen-bond donors (Lipinski definition) is 1. The van der Waals surface area contributed by atoms with Gasteiger partial charge < -0.3 is 4.98 Å². The van der Waals surface area contributed by atoms with E-state index in [2.05, 4.69) is 9.97 Å². The first kappa shape index (κ1) is 10.9. The molecule has 0 spiro atoms. The minimum atomic E-state index is -0.625. The summed E-state index contributed by atoms with van der Waals surface area (Å²) in [5, 5.41) is 0. The van der Waals surface area contributed by atoms with E-state index in [1.165, 1.54) is 24.4 Å². The molecule has 0 unspecified atom stereocenters. The van der Waals surface area contributed by atoms with Crippen LogP contribution < -0.4 is 0 Å². The van der Waals surface area contributed by atoms with Gasteiger partial charge in [-0.2, -0.15) is 0 Å². The summed E-state index contributed by atoms with van der Waals surface area (Å²) >= 11 is 4.81. The van der Waals surface area contributed by atoms with Gasteiger partial charge in [-0.05, 0) is 36.8 Å². The zero-order valence-corrected chi connectivity index (χ0v) is 9.24. The van der Waals surface area contributed by atoms with Crippen molar-refractivity contribution in [3.63, 3.8) is 0 Å². The summed E-state index contributed by atoms with van der Waals surface area (Å²) in [6.45, 7) is 1.58. The molecule has 0 atom stereocenters. The number of aromatic amines is 1. The lowest BCUT2D eigenvalue weighted by Gasteiger charge is -2.06. The van der Waals surface area contributed by atoms with Crippen molar-refractivity contribution in [1.82, 2.24) is 9.97 Å². The van der Waals surface area contributed by atoms with Crippen LogP contribution in [-0.4, -0.2) is 9.97 Å². The fraction of sp³-hybridized carbons (Fsp3) is 0.0909. The molecule has 1 heterocycles. The van der Waals surface area contributed by atoms with E-state index >= 15 is 0 Å². The third-order valence-corrected chi connectivity index (χ3v) is 2.44. The van der Waals surface area contributed by atoms with Crippen LogP contribution in [0, 0.1) is 23.3 Å². The van der Waals surface area contributed by atoms with Gasteiger partial charge in [0.05, 0.1) is 11.3 Å². The van der Waals surface area contributed by atoms with Crippen molar-refractivity contribution in [2.45, 2.75) is 6.92 Å². The Morgan fingerprint density at radius 2 is 2.00 bits per heavy atom. The molecule has 2 aromatic rings. The summed E-state index contributed by atoms with van der Waals surface area (Å²) in [7, 11) is 0. The van der Waals surface area contributed by atoms with E-state index in [1.54, 1.807) is 6.92 Å². The van der Waals surface area contributed by atoms with E-state index < -0.39 is 11.6 Å². The Kier molecular flexibility index (Phi) is 2.78. The van der Waals surface area contributed by atoms with Crippen LogP contribution in [0.3, 0.4) is 0 Å². The first-order valence-electron chi connectivity index (χ1n) is 4.60. The number of aryl methyl sites for hydroxylation is 1. The first-order chi connectivity index (χ1) is 7.59. The molecule has 1 aromatic heterocycles. The number of benzene rings is 1. The van der Waals surface area contributed by atoms with Crippen LogP contribution in [-0.2, 0) is 0 Å². The fourth-order valence-electron chi connectivity index (χ4n) is 1.42. The molecule has 0 saturated heterocycles. The Balaban J connectivity index is 2.73. The van der Waals surface area contributed by atoms with E-state index in [4.69, 9.17) is 12.2 Å². The van der Waals surface area contributed by atoms with Gasteiger partial charge in [0.2, 0.25) is 0 Å². The number of nitrogens with one attached hydrogen (secondary N) is 1. The van der Waals surface area contributed by atoms with Crippen molar-refractivity contribution in [2.75, 3.05) is 0 Å². The largest absolute Gasteiger partial charge is 0.330 e. The molecule has 1 aromatic carbocycles. The lowest BCUT2D eigenvalue weighted by molar-refractivity contribution is 0.582. The van der Waals surface area contributed by atoms with Crippen LogP contribution >= 0.6 is 12.2 Å². The molecule has 0 bridgehead atoms. The molecule has 16 heavy (non-hydrogen) atoms. The topological polar surface area (TPSA) is 28.7 Å². The van der Waals surface area contributed by atoms with Crippen LogP contribution in [0.4, 0.5) is 8.78 Å². The first-order valence-corrected chi connectivity index (χ1v) is 5.00. The minimum Gasteiger partial charge on any atom is -0.330 e. The van der Waals surface area contributed by atoms with Crippen molar-refractivity contribution in [3.8, 4) is 11.3 Å². The second kappa shape index (κ2) is 4.09. The maximum Gasteiger partial charge on any atom is 0.197 e. The van der Waals surface area contributed by atoms with Crippen LogP contribution in [0.1, 0.15) is 5.56 Å². The Morgan fingerprint density at radius 1 is 1.25 bits per heavy atom. The molecule has 5 heteroatoms. The Hall–Kier alpha value is -1.62. The van der Waals surface area contributed by atoms with E-state index in [0.717, 1.165) is 0 Å². The molecule has 2 nitrogen and oxygen atoms in total. The molecular formula is C11H8F2N2S. The van der Waals surface area contributed by atoms with Gasteiger partial charge in [0.15, 0.2) is 4.77 Å². The third-order valence-electron chi connectivity index (χ3n) is 2.23. The average Bonchev–Trinajstić information content (AvgIpc) is 2.24. The summed E-state index contributed by atoms with van der Waals surface area (Å²) in [6, 6.07) is 4.10. The van der Waals surface area contributed by atoms with Crippen molar-refractivity contribution in [3.05, 3.63) is 46.4 Å². The van der Waals surface area contributed by atoms with E-state index in [-0.39, 0.29) is 10.3 Å². The fourth-order valence-corrected chi connectivity index (χ4v) is 1.59. The molecule has 0 aliphatic rings. The highest BCUT2D eigenvalue weighted by Crippen LogP contribution is 2.25. The summed E-state index contributed by atoms with van der Waals surface area (Å²) in [5.41, 5.74) is 0.569. The Labute approximate surface area is 96.0 Å². The quantitative estimate of drug-likeness (QED) is 0.771. The summed E-state index contributed by atoms with van der Waals surface area (Å²) in [4.78, 5) is 6.42. The highest BCUT2D eigenvalue weighted by molar-refractivity contribution is 7.71. The van der Waals surface area contributed by atoms with Gasteiger partial charge in [0, 0.05) is 6.20 Å². The van der Waals surface area contributed by atoms with Crippen molar-refractivity contribution >= 4 is 12.2 Å². The van der Waals surface area contributed by atoms with Crippen LogP contribution in [0.25, 0.3) is 11.3 Å². The van der Waals surface area contributed by atoms with Crippen molar-refractivity contribution in [2.24, 2.45) is 0 Å². The Bertz CT molecular complexity index is 593. The van der Waals surface area contributed by atoms with Crippen LogP contribution in [0.15, 0.2) is 24.4 Å². The maximum absolute atomic E-state index is 13.8. The molecule has 2 rings (SSSR count). The highest BCUT2D eigenvalue weighted by Gasteiger charge is 2.13. The predicted molar refractivity (Wildman–Crippen MR) is 59.5 cm³/mol. The van der Waals surface area contributed by atoms with Gasteiger partial charge in [-0.25, -0.2) is 13.8 Å². The van der Waals surface area contributed by atoms with Gasteiger partial charge in [0.25, 0.3) is 0 Å². The maximum atomic E-state index is 13.8. The molecule has 1 N–H and O–H groups in total. The van der Waals surface area contributed by atoms with Crippen LogP contribution in [0.5, 0.6) is 0 Å². The highest BCUT2D eigenvalue weighted by atomic mass is 32.1. The molecule has 0 saturated carbocycles. The zero-order chi connectivity index (χ0) is 11.7. The number of aromatic nitrogens is 2. The van der Waals surface area contributed by atoms with E-state index in [0.29, 0.717) is 11.3 Å². The molecular weight excluding hydrogens is 230 g/mol. The number of hydrogen-bond acceptors (Lipinski definition) is 2. The van der Waals surface area contributed by atoms with E-state index in [1.807, 2.05) is 0 Å². The zero-order valence-electron chi connectivity index (χ0n) is 8.42. The standard InChI is InChI=1S/C11H8F2N2S/c1-6-2-3-7(12)9(10(6)13)8-4-5-14-11(16)15-8/h2-5H,1H3,(H,14,15,16). The van der Waals surface area contributed by atoms with E-state index in [9.17, 15) is 8.78 Å². The lowest BCUT2D eigenvalue weighted by Crippen LogP contribution is -1.96. The number of H-pyrrole nitrogens is 1. The van der Waals surface area contributed by atoms with Gasteiger partial charge in [0.1, 0.15) is 11.6 Å². The van der Waals surface area contributed by atoms with Gasteiger partial charge in [-0.3, -0.25) is 0 Å². The normalized spacial score (nSPS) is 10.4. The minimum absolute atomic E-state index is 0.103. The molecule has 82 valence electrons. The third kappa shape index (κ3) is 1.86. The van der Waals surface area contributed by atoms with Gasteiger partial charge in [-0.15, -0.1) is 0 Å². The number of nitrogens with zero attached hydrogens (tertiary/aromatic N) is 1. The van der Waals surface area contributed by atoms with Crippen LogP contribution in [0.2, 0.25) is 0 Å². The summed E-state index contributed by atoms with van der Waals surface area (Å²) in [6.07, 6.45) is 1.41. The lowest BCUT2D eigenvalue weighted by atomic mass is 10.1. The van der Waals surface area contributed by atoms with Gasteiger partial charge in [-0.1, -0.05) is 6.07 Å². The molecule has 0 aliphatic carbocycles.